The summed E-state index contributed by atoms with van der Waals surface area (Å²) in [4.78, 5) is 12.5. The van der Waals surface area contributed by atoms with Gasteiger partial charge < -0.3 is 4.74 Å². The Morgan fingerprint density at radius 3 is 2.27 bits per heavy atom. The number of aryl methyl sites for hydroxylation is 1. The maximum atomic E-state index is 12.7. The standard InChI is InChI=1S/C20H23NO4S/c1-16-7-9-19(10-8-16)26(23,24)21-13-11-18(12-14-21)20(22)25-15-17-5-3-2-4-6-17/h2-10,18H,11-15H2,1H3. The number of carbonyl (C=O) groups excluding carboxylic acids is 1. The summed E-state index contributed by atoms with van der Waals surface area (Å²) in [6.45, 7) is 2.84. The molecule has 5 nitrogen and oxygen atoms in total. The van der Waals surface area contributed by atoms with Crippen molar-refractivity contribution < 1.29 is 17.9 Å². The van der Waals surface area contributed by atoms with E-state index in [1.54, 1.807) is 24.3 Å². The lowest BCUT2D eigenvalue weighted by Crippen LogP contribution is -2.40. The number of sulfonamides is 1. The largest absolute Gasteiger partial charge is 0.461 e. The zero-order valence-corrected chi connectivity index (χ0v) is 15.6. The van der Waals surface area contributed by atoms with Crippen LogP contribution in [0.15, 0.2) is 59.5 Å². The van der Waals surface area contributed by atoms with E-state index in [1.165, 1.54) is 4.31 Å². The van der Waals surface area contributed by atoms with Crippen molar-refractivity contribution in [2.75, 3.05) is 13.1 Å². The fourth-order valence-corrected chi connectivity index (χ4v) is 4.51. The quantitative estimate of drug-likeness (QED) is 0.756. The average Bonchev–Trinajstić information content (AvgIpc) is 2.67. The highest BCUT2D eigenvalue weighted by Gasteiger charge is 2.32. The summed E-state index contributed by atoms with van der Waals surface area (Å²) >= 11 is 0. The van der Waals surface area contributed by atoms with E-state index in [-0.39, 0.29) is 18.5 Å². The first kappa shape index (κ1) is 18.6. The molecule has 0 N–H and O–H groups in total. The number of benzene rings is 2. The molecule has 6 heteroatoms. The third-order valence-corrected chi connectivity index (χ3v) is 6.58. The fraction of sp³-hybridized carbons (Fsp3) is 0.350. The number of hydrogen-bond donors (Lipinski definition) is 0. The molecule has 0 radical (unpaired) electrons. The predicted molar refractivity (Wildman–Crippen MR) is 98.9 cm³/mol. The van der Waals surface area contributed by atoms with E-state index in [2.05, 4.69) is 0 Å². The average molecular weight is 373 g/mol. The molecule has 1 fully saturated rings. The van der Waals surface area contributed by atoms with Crippen LogP contribution in [0, 0.1) is 12.8 Å². The number of hydrogen-bond acceptors (Lipinski definition) is 4. The van der Waals surface area contributed by atoms with Crippen LogP contribution in [-0.4, -0.2) is 31.8 Å². The van der Waals surface area contributed by atoms with Gasteiger partial charge in [0, 0.05) is 13.1 Å². The molecule has 1 saturated heterocycles. The number of rotatable bonds is 5. The molecule has 26 heavy (non-hydrogen) atoms. The summed E-state index contributed by atoms with van der Waals surface area (Å²) in [5.74, 6) is -0.496. The van der Waals surface area contributed by atoms with Crippen LogP contribution >= 0.6 is 0 Å². The van der Waals surface area contributed by atoms with Crippen LogP contribution in [-0.2, 0) is 26.2 Å². The molecule has 0 atom stereocenters. The molecule has 1 heterocycles. The van der Waals surface area contributed by atoms with E-state index in [0.29, 0.717) is 30.8 Å². The van der Waals surface area contributed by atoms with Crippen molar-refractivity contribution in [1.29, 1.82) is 0 Å². The molecule has 2 aromatic carbocycles. The maximum Gasteiger partial charge on any atom is 0.309 e. The molecule has 0 aromatic heterocycles. The number of nitrogens with zero attached hydrogens (tertiary/aromatic N) is 1. The molecular weight excluding hydrogens is 350 g/mol. The van der Waals surface area contributed by atoms with Crippen LogP contribution in [0.25, 0.3) is 0 Å². The highest BCUT2D eigenvalue weighted by atomic mass is 32.2. The third kappa shape index (κ3) is 4.31. The molecule has 1 aliphatic rings. The lowest BCUT2D eigenvalue weighted by atomic mass is 9.98. The summed E-state index contributed by atoms with van der Waals surface area (Å²) in [6, 6.07) is 16.4. The normalized spacial score (nSPS) is 16.3. The summed E-state index contributed by atoms with van der Waals surface area (Å²) in [7, 11) is -3.50. The van der Waals surface area contributed by atoms with Gasteiger partial charge in [0.25, 0.3) is 0 Å². The Bertz CT molecular complexity index is 839. The smallest absolute Gasteiger partial charge is 0.309 e. The van der Waals surface area contributed by atoms with E-state index in [9.17, 15) is 13.2 Å². The number of piperidine rings is 1. The first-order chi connectivity index (χ1) is 12.5. The second kappa shape index (κ2) is 8.01. The van der Waals surface area contributed by atoms with Crippen molar-refractivity contribution in [3.8, 4) is 0 Å². The van der Waals surface area contributed by atoms with Crippen molar-refractivity contribution in [3.63, 3.8) is 0 Å². The van der Waals surface area contributed by atoms with Gasteiger partial charge in [0.2, 0.25) is 10.0 Å². The molecule has 0 bridgehead atoms. The summed E-state index contributed by atoms with van der Waals surface area (Å²) in [6.07, 6.45) is 0.970. The summed E-state index contributed by atoms with van der Waals surface area (Å²) in [5.41, 5.74) is 1.96. The molecule has 0 aliphatic carbocycles. The zero-order valence-electron chi connectivity index (χ0n) is 14.8. The highest BCUT2D eigenvalue weighted by molar-refractivity contribution is 7.89. The van der Waals surface area contributed by atoms with Gasteiger partial charge in [-0.1, -0.05) is 48.0 Å². The number of esters is 1. The minimum absolute atomic E-state index is 0.247. The van der Waals surface area contributed by atoms with Crippen molar-refractivity contribution >= 4 is 16.0 Å². The second-order valence-corrected chi connectivity index (χ2v) is 8.52. The van der Waals surface area contributed by atoms with Gasteiger partial charge in [-0.15, -0.1) is 0 Å². The zero-order chi connectivity index (χ0) is 18.6. The molecule has 138 valence electrons. The Hall–Kier alpha value is -2.18. The summed E-state index contributed by atoms with van der Waals surface area (Å²) in [5, 5.41) is 0. The van der Waals surface area contributed by atoms with Crippen LogP contribution in [0.5, 0.6) is 0 Å². The van der Waals surface area contributed by atoms with Crippen LogP contribution in [0.1, 0.15) is 24.0 Å². The number of carbonyl (C=O) groups is 1. The maximum absolute atomic E-state index is 12.7. The molecule has 0 spiro atoms. The van der Waals surface area contributed by atoms with Crippen LogP contribution in [0.3, 0.4) is 0 Å². The van der Waals surface area contributed by atoms with Crippen LogP contribution in [0.2, 0.25) is 0 Å². The van der Waals surface area contributed by atoms with Gasteiger partial charge in [0.15, 0.2) is 0 Å². The first-order valence-electron chi connectivity index (χ1n) is 8.74. The Morgan fingerprint density at radius 2 is 1.65 bits per heavy atom. The van der Waals surface area contributed by atoms with Gasteiger partial charge in [-0.2, -0.15) is 4.31 Å². The molecule has 2 aromatic rings. The minimum atomic E-state index is -3.50. The monoisotopic (exact) mass is 373 g/mol. The van der Waals surface area contributed by atoms with Gasteiger partial charge in [0.1, 0.15) is 6.61 Å². The summed E-state index contributed by atoms with van der Waals surface area (Å²) < 4.78 is 32.2. The van der Waals surface area contributed by atoms with E-state index < -0.39 is 10.0 Å². The van der Waals surface area contributed by atoms with Gasteiger partial charge >= 0.3 is 5.97 Å². The first-order valence-corrected chi connectivity index (χ1v) is 10.2. The van der Waals surface area contributed by atoms with E-state index in [4.69, 9.17) is 4.74 Å². The topological polar surface area (TPSA) is 63.7 Å². The lowest BCUT2D eigenvalue weighted by Gasteiger charge is -2.30. The van der Waals surface area contributed by atoms with E-state index in [1.807, 2.05) is 37.3 Å². The van der Waals surface area contributed by atoms with Crippen LogP contribution in [0.4, 0.5) is 0 Å². The molecule has 3 rings (SSSR count). The fourth-order valence-electron chi connectivity index (χ4n) is 3.04. The van der Waals surface area contributed by atoms with Gasteiger partial charge in [-0.25, -0.2) is 8.42 Å². The van der Waals surface area contributed by atoms with E-state index in [0.717, 1.165) is 11.1 Å². The van der Waals surface area contributed by atoms with Gasteiger partial charge in [-0.3, -0.25) is 4.79 Å². The molecule has 0 unspecified atom stereocenters. The van der Waals surface area contributed by atoms with Crippen LogP contribution < -0.4 is 0 Å². The van der Waals surface area contributed by atoms with Crippen molar-refractivity contribution in [1.82, 2.24) is 4.31 Å². The molecule has 0 saturated carbocycles. The third-order valence-electron chi connectivity index (χ3n) is 4.67. The van der Waals surface area contributed by atoms with Gasteiger partial charge in [-0.05, 0) is 37.5 Å². The Labute approximate surface area is 154 Å². The molecule has 1 aliphatic heterocycles. The molecule has 0 amide bonds. The van der Waals surface area contributed by atoms with Crippen molar-refractivity contribution in [2.45, 2.75) is 31.3 Å². The Balaban J connectivity index is 1.55. The Kier molecular flexibility index (Phi) is 5.74. The minimum Gasteiger partial charge on any atom is -0.461 e. The van der Waals surface area contributed by atoms with Crippen molar-refractivity contribution in [2.24, 2.45) is 5.92 Å². The lowest BCUT2D eigenvalue weighted by molar-refractivity contribution is -0.151. The van der Waals surface area contributed by atoms with E-state index >= 15 is 0 Å². The van der Waals surface area contributed by atoms with Gasteiger partial charge in [0.05, 0.1) is 10.8 Å². The SMILES string of the molecule is Cc1ccc(S(=O)(=O)N2CCC(C(=O)OCc3ccccc3)CC2)cc1. The Morgan fingerprint density at radius 1 is 1.04 bits per heavy atom. The number of ether oxygens (including phenoxy) is 1. The highest BCUT2D eigenvalue weighted by Crippen LogP contribution is 2.25. The van der Waals surface area contributed by atoms with Crippen molar-refractivity contribution in [3.05, 3.63) is 65.7 Å². The second-order valence-electron chi connectivity index (χ2n) is 6.58. The predicted octanol–water partition coefficient (Wildman–Crippen LogP) is 3.14. The molecular formula is C20H23NO4S.